The van der Waals surface area contributed by atoms with E-state index in [1.54, 1.807) is 6.20 Å². The van der Waals surface area contributed by atoms with Crippen molar-refractivity contribution in [3.05, 3.63) is 36.7 Å². The summed E-state index contributed by atoms with van der Waals surface area (Å²) in [5.74, 6) is 0.467. The highest BCUT2D eigenvalue weighted by atomic mass is 16.2. The van der Waals surface area contributed by atoms with Crippen LogP contribution in [0, 0.1) is 5.92 Å². The molecule has 3 amide bonds. The lowest BCUT2D eigenvalue weighted by Gasteiger charge is -2.38. The van der Waals surface area contributed by atoms with Crippen LogP contribution in [0.2, 0.25) is 0 Å². The van der Waals surface area contributed by atoms with Gasteiger partial charge in [-0.05, 0) is 55.9 Å². The van der Waals surface area contributed by atoms with E-state index >= 15 is 0 Å². The standard InChI is InChI=1S/C26H37N7O3/c1-30(11-10-26(36)28-20-35)23-2-4-24(5-3-23)32-14-6-21(7-15-32)17-31-12-8-25(9-13-31)33-18-22(16-29-33)27-19-34/h2-5,16,18-21,25H,6-15,17H2,1H3,(H,27,34)(H,28,35,36). The monoisotopic (exact) mass is 495 g/mol. The molecule has 194 valence electrons. The van der Waals surface area contributed by atoms with E-state index in [1.165, 1.54) is 25.1 Å². The SMILES string of the molecule is CN(CCC(=O)NC=O)c1ccc(N2CCC(CN3CCC(n4cc(NC=O)cn4)CC3)CC2)cc1. The van der Waals surface area contributed by atoms with E-state index < -0.39 is 0 Å². The Kier molecular flexibility index (Phi) is 8.94. The molecule has 1 aromatic heterocycles. The summed E-state index contributed by atoms with van der Waals surface area (Å²) in [6.07, 6.45) is 9.60. The molecule has 0 bridgehead atoms. The normalized spacial score (nSPS) is 17.5. The Morgan fingerprint density at radius 1 is 1.06 bits per heavy atom. The Balaban J connectivity index is 1.17. The molecule has 2 aliphatic heterocycles. The fourth-order valence-electron chi connectivity index (χ4n) is 5.24. The molecule has 2 aliphatic rings. The van der Waals surface area contributed by atoms with Gasteiger partial charge in [0, 0.05) is 70.3 Å². The van der Waals surface area contributed by atoms with Gasteiger partial charge >= 0.3 is 0 Å². The average molecular weight is 496 g/mol. The molecule has 0 saturated carbocycles. The summed E-state index contributed by atoms with van der Waals surface area (Å²) in [5.41, 5.74) is 3.05. The minimum Gasteiger partial charge on any atom is -0.374 e. The number of carbonyl (C=O) groups is 3. The highest BCUT2D eigenvalue weighted by Gasteiger charge is 2.26. The van der Waals surface area contributed by atoms with E-state index in [9.17, 15) is 14.4 Å². The zero-order chi connectivity index (χ0) is 25.3. The van der Waals surface area contributed by atoms with Crippen LogP contribution in [-0.2, 0) is 14.4 Å². The number of anilines is 3. The number of aromatic nitrogens is 2. The van der Waals surface area contributed by atoms with Gasteiger partial charge < -0.3 is 20.0 Å². The summed E-state index contributed by atoms with van der Waals surface area (Å²) < 4.78 is 2.00. The van der Waals surface area contributed by atoms with Crippen molar-refractivity contribution in [2.75, 3.05) is 61.4 Å². The second-order valence-electron chi connectivity index (χ2n) is 9.81. The Labute approximate surface area is 212 Å². The van der Waals surface area contributed by atoms with Crippen LogP contribution in [0.25, 0.3) is 0 Å². The van der Waals surface area contributed by atoms with Gasteiger partial charge in [0.05, 0.1) is 17.9 Å². The molecule has 2 fully saturated rings. The molecule has 1 aromatic carbocycles. The van der Waals surface area contributed by atoms with Gasteiger partial charge in [-0.15, -0.1) is 0 Å². The minimum atomic E-state index is -0.263. The van der Waals surface area contributed by atoms with E-state index in [2.05, 4.69) is 49.8 Å². The van der Waals surface area contributed by atoms with E-state index in [4.69, 9.17) is 0 Å². The van der Waals surface area contributed by atoms with Crippen molar-refractivity contribution in [1.29, 1.82) is 0 Å². The number of hydrogen-bond acceptors (Lipinski definition) is 7. The number of likely N-dealkylation sites (tertiary alicyclic amines) is 1. The van der Waals surface area contributed by atoms with Gasteiger partial charge in [-0.1, -0.05) is 0 Å². The quantitative estimate of drug-likeness (QED) is 0.460. The molecule has 0 spiro atoms. The van der Waals surface area contributed by atoms with E-state index in [-0.39, 0.29) is 12.3 Å². The van der Waals surface area contributed by atoms with Crippen molar-refractivity contribution < 1.29 is 14.4 Å². The number of hydrogen-bond donors (Lipinski definition) is 2. The number of piperidine rings is 2. The first kappa shape index (κ1) is 25.7. The van der Waals surface area contributed by atoms with Crippen LogP contribution in [0.1, 0.15) is 38.1 Å². The molecule has 0 aliphatic carbocycles. The smallest absolute Gasteiger partial charge is 0.228 e. The van der Waals surface area contributed by atoms with Crippen molar-refractivity contribution in [3.8, 4) is 0 Å². The fourth-order valence-corrected chi connectivity index (χ4v) is 5.24. The Morgan fingerprint density at radius 3 is 2.44 bits per heavy atom. The molecular weight excluding hydrogens is 458 g/mol. The predicted molar refractivity (Wildman–Crippen MR) is 140 cm³/mol. The summed E-state index contributed by atoms with van der Waals surface area (Å²) in [6, 6.07) is 8.92. The zero-order valence-electron chi connectivity index (χ0n) is 21.0. The highest BCUT2D eigenvalue weighted by molar-refractivity contribution is 5.86. The molecular formula is C26H37N7O3. The largest absolute Gasteiger partial charge is 0.374 e. The third-order valence-corrected chi connectivity index (χ3v) is 7.44. The third kappa shape index (κ3) is 6.84. The maximum absolute atomic E-state index is 11.5. The van der Waals surface area contributed by atoms with Gasteiger partial charge in [0.25, 0.3) is 0 Å². The van der Waals surface area contributed by atoms with E-state index in [1.807, 2.05) is 22.8 Å². The van der Waals surface area contributed by atoms with Crippen molar-refractivity contribution in [3.63, 3.8) is 0 Å². The number of imide groups is 1. The molecule has 36 heavy (non-hydrogen) atoms. The molecule has 10 heteroatoms. The van der Waals surface area contributed by atoms with Crippen LogP contribution in [0.15, 0.2) is 36.7 Å². The molecule has 4 rings (SSSR count). The number of nitrogens with one attached hydrogen (secondary N) is 2. The van der Waals surface area contributed by atoms with Gasteiger partial charge in [0.2, 0.25) is 18.7 Å². The second kappa shape index (κ2) is 12.5. The fraction of sp³-hybridized carbons (Fsp3) is 0.538. The molecule has 0 unspecified atom stereocenters. The number of carbonyl (C=O) groups excluding carboxylic acids is 3. The number of nitrogens with zero attached hydrogens (tertiary/aromatic N) is 5. The molecule has 10 nitrogen and oxygen atoms in total. The summed E-state index contributed by atoms with van der Waals surface area (Å²) in [7, 11) is 1.95. The lowest BCUT2D eigenvalue weighted by molar-refractivity contribution is -0.125. The number of rotatable bonds is 11. The molecule has 2 saturated heterocycles. The van der Waals surface area contributed by atoms with Crippen LogP contribution in [0.4, 0.5) is 17.1 Å². The molecule has 0 atom stereocenters. The van der Waals surface area contributed by atoms with E-state index in [0.717, 1.165) is 56.3 Å². The first-order valence-electron chi connectivity index (χ1n) is 12.8. The minimum absolute atomic E-state index is 0.263. The molecule has 0 radical (unpaired) electrons. The molecule has 3 heterocycles. The van der Waals surface area contributed by atoms with Gasteiger partial charge in [0.1, 0.15) is 0 Å². The lowest BCUT2D eigenvalue weighted by atomic mass is 9.94. The van der Waals surface area contributed by atoms with Crippen molar-refractivity contribution in [2.24, 2.45) is 5.92 Å². The zero-order valence-corrected chi connectivity index (χ0v) is 21.0. The first-order valence-corrected chi connectivity index (χ1v) is 12.8. The van der Waals surface area contributed by atoms with Crippen LogP contribution in [0.3, 0.4) is 0 Å². The number of benzene rings is 1. The third-order valence-electron chi connectivity index (χ3n) is 7.44. The van der Waals surface area contributed by atoms with Crippen LogP contribution in [-0.4, -0.2) is 79.7 Å². The Hall–Kier alpha value is -3.40. The predicted octanol–water partition coefficient (Wildman–Crippen LogP) is 2.10. The van der Waals surface area contributed by atoms with Crippen molar-refractivity contribution >= 4 is 35.8 Å². The topological polar surface area (TPSA) is 103 Å². The maximum Gasteiger partial charge on any atom is 0.228 e. The van der Waals surface area contributed by atoms with Gasteiger partial charge in [0.15, 0.2) is 0 Å². The summed E-state index contributed by atoms with van der Waals surface area (Å²) in [4.78, 5) is 39.5. The molecule has 2 aromatic rings. The van der Waals surface area contributed by atoms with Gasteiger partial charge in [-0.2, -0.15) is 5.10 Å². The van der Waals surface area contributed by atoms with Crippen LogP contribution >= 0.6 is 0 Å². The number of amides is 3. The van der Waals surface area contributed by atoms with Gasteiger partial charge in [-0.25, -0.2) is 0 Å². The average Bonchev–Trinajstić information content (AvgIpc) is 3.37. The summed E-state index contributed by atoms with van der Waals surface area (Å²) in [6.45, 7) is 6.05. The van der Waals surface area contributed by atoms with Crippen molar-refractivity contribution in [2.45, 2.75) is 38.1 Å². The maximum atomic E-state index is 11.5. The van der Waals surface area contributed by atoms with Crippen LogP contribution in [0.5, 0.6) is 0 Å². The Morgan fingerprint density at radius 2 is 1.78 bits per heavy atom. The van der Waals surface area contributed by atoms with Crippen LogP contribution < -0.4 is 20.4 Å². The summed E-state index contributed by atoms with van der Waals surface area (Å²) in [5, 5.41) is 9.25. The summed E-state index contributed by atoms with van der Waals surface area (Å²) >= 11 is 0. The Bertz CT molecular complexity index is 993. The van der Waals surface area contributed by atoms with E-state index in [0.29, 0.717) is 25.4 Å². The van der Waals surface area contributed by atoms with Gasteiger partial charge in [-0.3, -0.25) is 24.4 Å². The van der Waals surface area contributed by atoms with Crippen molar-refractivity contribution in [1.82, 2.24) is 20.0 Å². The lowest BCUT2D eigenvalue weighted by Crippen LogP contribution is -2.42. The first-order chi connectivity index (χ1) is 17.6. The second-order valence-corrected chi connectivity index (χ2v) is 9.81. The molecule has 2 N–H and O–H groups in total. The highest BCUT2D eigenvalue weighted by Crippen LogP contribution is 2.28.